The molecule has 106 valence electrons. The van der Waals surface area contributed by atoms with Crippen molar-refractivity contribution in [1.29, 1.82) is 0 Å². The van der Waals surface area contributed by atoms with Crippen LogP contribution in [-0.4, -0.2) is 30.7 Å². The van der Waals surface area contributed by atoms with E-state index >= 15 is 0 Å². The van der Waals surface area contributed by atoms with E-state index in [1.54, 1.807) is 6.92 Å². The molecule has 0 aliphatic heterocycles. The summed E-state index contributed by atoms with van der Waals surface area (Å²) in [6, 6.07) is 2.60. The number of benzene rings is 1. The zero-order valence-electron chi connectivity index (χ0n) is 10.7. The summed E-state index contributed by atoms with van der Waals surface area (Å²) >= 11 is 0. The van der Waals surface area contributed by atoms with E-state index in [2.05, 4.69) is 0 Å². The van der Waals surface area contributed by atoms with Gasteiger partial charge in [-0.1, -0.05) is 13.8 Å². The van der Waals surface area contributed by atoms with Crippen molar-refractivity contribution in [2.24, 2.45) is 0 Å². The fourth-order valence-corrected chi connectivity index (χ4v) is 3.20. The zero-order chi connectivity index (χ0) is 14.6. The molecule has 19 heavy (non-hydrogen) atoms. The van der Waals surface area contributed by atoms with Gasteiger partial charge in [0, 0.05) is 25.2 Å². The lowest BCUT2D eigenvalue weighted by atomic mass is 10.3. The van der Waals surface area contributed by atoms with Gasteiger partial charge in [0.2, 0.25) is 15.8 Å². The fraction of sp³-hybridized carbons (Fsp3) is 0.455. The molecule has 0 aliphatic carbocycles. The summed E-state index contributed by atoms with van der Waals surface area (Å²) < 4.78 is 39.0. The molecule has 1 aromatic carbocycles. The van der Waals surface area contributed by atoms with Gasteiger partial charge in [0.15, 0.2) is 0 Å². The summed E-state index contributed by atoms with van der Waals surface area (Å²) in [5.41, 5.74) is -0.738. The van der Waals surface area contributed by atoms with E-state index < -0.39 is 26.5 Å². The Labute approximate surface area is 111 Å². The van der Waals surface area contributed by atoms with Gasteiger partial charge in [-0.3, -0.25) is 10.1 Å². The molecule has 1 rings (SSSR count). The van der Waals surface area contributed by atoms with Crippen LogP contribution >= 0.6 is 0 Å². The van der Waals surface area contributed by atoms with E-state index in [-0.39, 0.29) is 11.4 Å². The molecule has 8 heteroatoms. The molecule has 0 atom stereocenters. The van der Waals surface area contributed by atoms with Crippen molar-refractivity contribution in [3.05, 3.63) is 34.1 Å². The zero-order valence-corrected chi connectivity index (χ0v) is 11.5. The van der Waals surface area contributed by atoms with Crippen molar-refractivity contribution in [1.82, 2.24) is 4.31 Å². The third kappa shape index (κ3) is 3.27. The smallest absolute Gasteiger partial charge is 0.258 e. The SMILES string of the molecule is CCCN(CC)S(=O)(=O)c1ccc([N+](=O)[O-])c(F)c1. The van der Waals surface area contributed by atoms with Gasteiger partial charge in [-0.2, -0.15) is 8.70 Å². The van der Waals surface area contributed by atoms with Crippen LogP contribution in [0.3, 0.4) is 0 Å². The van der Waals surface area contributed by atoms with E-state index in [1.165, 1.54) is 4.31 Å². The van der Waals surface area contributed by atoms with Gasteiger partial charge in [-0.15, -0.1) is 0 Å². The Kier molecular flexibility index (Phi) is 4.96. The van der Waals surface area contributed by atoms with Crippen LogP contribution < -0.4 is 0 Å². The average Bonchev–Trinajstić information content (AvgIpc) is 2.34. The first kappa shape index (κ1) is 15.5. The van der Waals surface area contributed by atoms with Gasteiger partial charge in [-0.05, 0) is 12.5 Å². The van der Waals surface area contributed by atoms with Crippen molar-refractivity contribution in [2.45, 2.75) is 25.2 Å². The van der Waals surface area contributed by atoms with Crippen LogP contribution in [0.5, 0.6) is 0 Å². The first-order chi connectivity index (χ1) is 8.84. The van der Waals surface area contributed by atoms with Gasteiger partial charge >= 0.3 is 5.69 Å². The highest BCUT2D eigenvalue weighted by atomic mass is 32.2. The van der Waals surface area contributed by atoms with Crippen molar-refractivity contribution >= 4 is 15.7 Å². The van der Waals surface area contributed by atoms with Crippen LogP contribution in [-0.2, 0) is 10.0 Å². The summed E-state index contributed by atoms with van der Waals surface area (Å²) in [6.45, 7) is 4.08. The van der Waals surface area contributed by atoms with E-state index in [0.717, 1.165) is 12.1 Å². The topological polar surface area (TPSA) is 80.5 Å². The molecule has 0 aliphatic rings. The number of hydrogen-bond donors (Lipinski definition) is 0. The number of rotatable bonds is 6. The minimum Gasteiger partial charge on any atom is -0.258 e. The summed E-state index contributed by atoms with van der Waals surface area (Å²) in [5.74, 6) is -1.15. The minimum atomic E-state index is -3.81. The van der Waals surface area contributed by atoms with Crippen LogP contribution in [0.15, 0.2) is 23.1 Å². The molecule has 0 saturated heterocycles. The molecule has 0 heterocycles. The number of hydrogen-bond acceptors (Lipinski definition) is 4. The lowest BCUT2D eigenvalue weighted by Gasteiger charge is -2.19. The molecule has 0 saturated carbocycles. The molecule has 0 bridgehead atoms. The molecule has 0 N–H and O–H groups in total. The summed E-state index contributed by atoms with van der Waals surface area (Å²) in [6.07, 6.45) is 0.628. The number of nitro groups is 1. The van der Waals surface area contributed by atoms with Crippen molar-refractivity contribution < 1.29 is 17.7 Å². The van der Waals surface area contributed by atoms with E-state index in [0.29, 0.717) is 19.0 Å². The maximum atomic E-state index is 13.5. The Morgan fingerprint density at radius 2 is 2.00 bits per heavy atom. The van der Waals surface area contributed by atoms with E-state index in [4.69, 9.17) is 0 Å². The number of halogens is 1. The van der Waals surface area contributed by atoms with Crippen molar-refractivity contribution in [3.63, 3.8) is 0 Å². The van der Waals surface area contributed by atoms with Crippen molar-refractivity contribution in [3.8, 4) is 0 Å². The van der Waals surface area contributed by atoms with Gasteiger partial charge in [-0.25, -0.2) is 8.42 Å². The molecule has 6 nitrogen and oxygen atoms in total. The van der Waals surface area contributed by atoms with E-state index in [9.17, 15) is 22.9 Å². The second-order valence-corrected chi connectivity index (χ2v) is 5.80. The normalized spacial score (nSPS) is 11.8. The highest BCUT2D eigenvalue weighted by Crippen LogP contribution is 2.23. The second-order valence-electron chi connectivity index (χ2n) is 3.87. The molecule has 0 fully saturated rings. The minimum absolute atomic E-state index is 0.259. The van der Waals surface area contributed by atoms with E-state index in [1.807, 2.05) is 6.92 Å². The maximum absolute atomic E-state index is 13.5. The van der Waals surface area contributed by atoms with Crippen LogP contribution in [0.2, 0.25) is 0 Å². The Morgan fingerprint density at radius 1 is 1.37 bits per heavy atom. The Morgan fingerprint density at radius 3 is 2.42 bits per heavy atom. The third-order valence-electron chi connectivity index (χ3n) is 2.58. The monoisotopic (exact) mass is 290 g/mol. The van der Waals surface area contributed by atoms with Crippen LogP contribution in [0.4, 0.5) is 10.1 Å². The first-order valence-electron chi connectivity index (χ1n) is 5.78. The number of nitro benzene ring substituents is 1. The molecular weight excluding hydrogens is 275 g/mol. The summed E-state index contributed by atoms with van der Waals surface area (Å²) in [7, 11) is -3.81. The highest BCUT2D eigenvalue weighted by molar-refractivity contribution is 7.89. The largest absolute Gasteiger partial charge is 0.304 e. The second kappa shape index (κ2) is 6.07. The van der Waals surface area contributed by atoms with Crippen LogP contribution in [0, 0.1) is 15.9 Å². The standard InChI is InChI=1S/C11H15FN2O4S/c1-3-7-13(4-2)19(17,18)9-5-6-11(14(15)16)10(12)8-9/h5-6,8H,3-4,7H2,1-2H3. The molecule has 1 aromatic rings. The van der Waals surface area contributed by atoms with Crippen LogP contribution in [0.25, 0.3) is 0 Å². The van der Waals surface area contributed by atoms with Gasteiger partial charge in [0.1, 0.15) is 0 Å². The lowest BCUT2D eigenvalue weighted by molar-refractivity contribution is -0.387. The van der Waals surface area contributed by atoms with Crippen LogP contribution in [0.1, 0.15) is 20.3 Å². The fourth-order valence-electron chi connectivity index (χ4n) is 1.64. The molecule has 0 amide bonds. The van der Waals surface area contributed by atoms with Gasteiger partial charge < -0.3 is 0 Å². The third-order valence-corrected chi connectivity index (χ3v) is 4.55. The van der Waals surface area contributed by atoms with Gasteiger partial charge in [0.05, 0.1) is 9.82 Å². The molecule has 0 unspecified atom stereocenters. The Balaban J connectivity index is 3.22. The average molecular weight is 290 g/mol. The number of nitrogens with zero attached hydrogens (tertiary/aromatic N) is 2. The molecule has 0 aromatic heterocycles. The quantitative estimate of drug-likeness (QED) is 0.594. The Bertz CT molecular complexity index is 574. The van der Waals surface area contributed by atoms with Crippen molar-refractivity contribution in [2.75, 3.05) is 13.1 Å². The Hall–Kier alpha value is -1.54. The molecule has 0 spiro atoms. The lowest BCUT2D eigenvalue weighted by Crippen LogP contribution is -2.31. The molecule has 0 radical (unpaired) electrons. The summed E-state index contributed by atoms with van der Waals surface area (Å²) in [4.78, 5) is 9.32. The first-order valence-corrected chi connectivity index (χ1v) is 7.22. The maximum Gasteiger partial charge on any atom is 0.304 e. The number of sulfonamides is 1. The predicted octanol–water partition coefficient (Wildman–Crippen LogP) is 2.15. The van der Waals surface area contributed by atoms with Gasteiger partial charge in [0.25, 0.3) is 0 Å². The predicted molar refractivity (Wildman–Crippen MR) is 67.8 cm³/mol. The molecular formula is C11H15FN2O4S. The highest BCUT2D eigenvalue weighted by Gasteiger charge is 2.25. The summed E-state index contributed by atoms with van der Waals surface area (Å²) in [5, 5.41) is 10.5.